The lowest BCUT2D eigenvalue weighted by atomic mass is 9.81. The summed E-state index contributed by atoms with van der Waals surface area (Å²) in [4.78, 5) is 12.3. The quantitative estimate of drug-likeness (QED) is 0.839. The highest BCUT2D eigenvalue weighted by Gasteiger charge is 2.23. The lowest BCUT2D eigenvalue weighted by Gasteiger charge is -2.25. The van der Waals surface area contributed by atoms with Crippen LogP contribution in [0.5, 0.6) is 5.75 Å². The number of amides is 1. The average molecular weight is 342 g/mol. The molecule has 0 saturated carbocycles. The van der Waals surface area contributed by atoms with E-state index in [1.54, 1.807) is 13.4 Å². The number of carbonyl (C=O) groups is 1. The molecule has 0 saturated heterocycles. The molecule has 1 aliphatic rings. The molecule has 2 aromatic rings. The van der Waals surface area contributed by atoms with Crippen LogP contribution in [0.2, 0.25) is 0 Å². The van der Waals surface area contributed by atoms with E-state index in [9.17, 15) is 4.79 Å². The smallest absolute Gasteiger partial charge is 0.220 e. The minimum atomic E-state index is 0.108. The molecule has 1 atom stereocenters. The van der Waals surface area contributed by atoms with Crippen molar-refractivity contribution in [3.63, 3.8) is 0 Å². The molecule has 1 aliphatic carbocycles. The monoisotopic (exact) mass is 342 g/mol. The van der Waals surface area contributed by atoms with Crippen LogP contribution in [0.3, 0.4) is 0 Å². The van der Waals surface area contributed by atoms with Crippen molar-refractivity contribution in [2.45, 2.75) is 51.5 Å². The summed E-state index contributed by atoms with van der Waals surface area (Å²) in [5.41, 5.74) is 2.62. The summed E-state index contributed by atoms with van der Waals surface area (Å²) in [5.74, 6) is 2.21. The molecule has 25 heavy (non-hydrogen) atoms. The minimum absolute atomic E-state index is 0.108. The van der Waals surface area contributed by atoms with Gasteiger partial charge in [0.15, 0.2) is 0 Å². The molecule has 0 aliphatic heterocycles. The first kappa shape index (κ1) is 17.5. The first-order valence-electron chi connectivity index (χ1n) is 9.01. The van der Waals surface area contributed by atoms with Gasteiger partial charge in [0.05, 0.1) is 7.11 Å². The molecule has 0 radical (unpaired) electrons. The van der Waals surface area contributed by atoms with E-state index in [0.717, 1.165) is 37.4 Å². The Labute approximate surface area is 148 Å². The molecule has 0 spiro atoms. The third kappa shape index (κ3) is 4.18. The molecule has 0 unspecified atom stereocenters. The fourth-order valence-electron chi connectivity index (χ4n) is 3.58. The number of rotatable bonds is 7. The van der Waals surface area contributed by atoms with Crippen molar-refractivity contribution in [1.82, 2.24) is 20.1 Å². The van der Waals surface area contributed by atoms with Crippen LogP contribution >= 0.6 is 0 Å². The van der Waals surface area contributed by atoms with Gasteiger partial charge < -0.3 is 14.6 Å². The van der Waals surface area contributed by atoms with E-state index in [4.69, 9.17) is 4.74 Å². The summed E-state index contributed by atoms with van der Waals surface area (Å²) in [6, 6.07) is 6.22. The number of aromatic nitrogens is 3. The number of fused-ring (bicyclic) bond motifs is 1. The molecule has 0 fully saturated rings. The van der Waals surface area contributed by atoms with E-state index in [0.29, 0.717) is 25.3 Å². The van der Waals surface area contributed by atoms with E-state index in [1.165, 1.54) is 11.1 Å². The van der Waals surface area contributed by atoms with Gasteiger partial charge in [0.1, 0.15) is 17.9 Å². The number of aryl methyl sites for hydroxylation is 2. The summed E-state index contributed by atoms with van der Waals surface area (Å²) >= 11 is 0. The van der Waals surface area contributed by atoms with Crippen LogP contribution in [0, 0.1) is 0 Å². The molecular formula is C19H26N4O2. The van der Waals surface area contributed by atoms with Crippen molar-refractivity contribution in [2.75, 3.05) is 13.7 Å². The van der Waals surface area contributed by atoms with Crippen LogP contribution in [0.1, 0.15) is 49.1 Å². The molecule has 1 N–H and O–H groups in total. The topological polar surface area (TPSA) is 69.0 Å². The van der Waals surface area contributed by atoms with E-state index in [1.807, 2.05) is 10.6 Å². The highest BCUT2D eigenvalue weighted by atomic mass is 16.5. The molecule has 6 heteroatoms. The number of ether oxygens (including phenoxy) is 1. The fraction of sp³-hybridized carbons (Fsp3) is 0.526. The number of carbonyl (C=O) groups excluding carboxylic acids is 1. The Morgan fingerprint density at radius 1 is 1.44 bits per heavy atom. The van der Waals surface area contributed by atoms with Crippen molar-refractivity contribution >= 4 is 5.91 Å². The Kier molecular flexibility index (Phi) is 5.68. The fourth-order valence-corrected chi connectivity index (χ4v) is 3.58. The van der Waals surface area contributed by atoms with Crippen LogP contribution in [-0.2, 0) is 24.2 Å². The van der Waals surface area contributed by atoms with Crippen LogP contribution in [0.4, 0.5) is 0 Å². The van der Waals surface area contributed by atoms with Crippen LogP contribution in [0.15, 0.2) is 24.5 Å². The molecule has 0 bridgehead atoms. The maximum absolute atomic E-state index is 12.3. The van der Waals surface area contributed by atoms with Gasteiger partial charge in [-0.05, 0) is 55.4 Å². The lowest BCUT2D eigenvalue weighted by Crippen LogP contribution is -2.28. The highest BCUT2D eigenvalue weighted by Crippen LogP contribution is 2.35. The Hall–Kier alpha value is -2.37. The van der Waals surface area contributed by atoms with E-state index in [2.05, 4.69) is 34.6 Å². The van der Waals surface area contributed by atoms with Gasteiger partial charge in [0.2, 0.25) is 5.91 Å². The molecule has 1 amide bonds. The first-order valence-corrected chi connectivity index (χ1v) is 9.01. The van der Waals surface area contributed by atoms with Gasteiger partial charge in [-0.15, -0.1) is 10.2 Å². The van der Waals surface area contributed by atoms with Gasteiger partial charge in [-0.1, -0.05) is 6.07 Å². The van der Waals surface area contributed by atoms with Crippen LogP contribution < -0.4 is 10.1 Å². The van der Waals surface area contributed by atoms with Gasteiger partial charge in [0, 0.05) is 25.9 Å². The molecule has 1 aromatic carbocycles. The van der Waals surface area contributed by atoms with Crippen molar-refractivity contribution in [3.8, 4) is 5.75 Å². The van der Waals surface area contributed by atoms with Crippen molar-refractivity contribution in [3.05, 3.63) is 41.5 Å². The average Bonchev–Trinajstić information content (AvgIpc) is 3.09. The Morgan fingerprint density at radius 3 is 3.12 bits per heavy atom. The number of benzene rings is 1. The number of methoxy groups -OCH3 is 1. The predicted octanol–water partition coefficient (Wildman–Crippen LogP) is 2.48. The lowest BCUT2D eigenvalue weighted by molar-refractivity contribution is -0.121. The maximum Gasteiger partial charge on any atom is 0.220 e. The predicted molar refractivity (Wildman–Crippen MR) is 95.7 cm³/mol. The normalized spacial score (nSPS) is 16.3. The summed E-state index contributed by atoms with van der Waals surface area (Å²) in [6.45, 7) is 3.50. The highest BCUT2D eigenvalue weighted by molar-refractivity contribution is 5.77. The summed E-state index contributed by atoms with van der Waals surface area (Å²) in [5, 5.41) is 11.0. The number of nitrogens with one attached hydrogen (secondary N) is 1. The van der Waals surface area contributed by atoms with Crippen molar-refractivity contribution < 1.29 is 9.53 Å². The van der Waals surface area contributed by atoms with Crippen LogP contribution in [-0.4, -0.2) is 34.3 Å². The minimum Gasteiger partial charge on any atom is -0.497 e. The van der Waals surface area contributed by atoms with Crippen molar-refractivity contribution in [1.29, 1.82) is 0 Å². The zero-order chi connectivity index (χ0) is 17.6. The second-order valence-electron chi connectivity index (χ2n) is 6.49. The SMILES string of the molecule is CCn1cnnc1CCNC(=O)C[C@H]1CCCc2cc(OC)ccc21. The molecule has 1 heterocycles. The zero-order valence-electron chi connectivity index (χ0n) is 15.0. The third-order valence-corrected chi connectivity index (χ3v) is 4.93. The van der Waals surface area contributed by atoms with Gasteiger partial charge in [-0.2, -0.15) is 0 Å². The Morgan fingerprint density at radius 2 is 2.32 bits per heavy atom. The molecule has 1 aromatic heterocycles. The van der Waals surface area contributed by atoms with Crippen molar-refractivity contribution in [2.24, 2.45) is 0 Å². The molecule has 134 valence electrons. The number of hydrogen-bond donors (Lipinski definition) is 1. The number of nitrogens with zero attached hydrogens (tertiary/aromatic N) is 3. The summed E-state index contributed by atoms with van der Waals surface area (Å²) < 4.78 is 7.31. The Balaban J connectivity index is 1.54. The maximum atomic E-state index is 12.3. The largest absolute Gasteiger partial charge is 0.497 e. The second-order valence-corrected chi connectivity index (χ2v) is 6.49. The summed E-state index contributed by atoms with van der Waals surface area (Å²) in [7, 11) is 1.69. The summed E-state index contributed by atoms with van der Waals surface area (Å²) in [6.07, 6.45) is 6.23. The van der Waals surface area contributed by atoms with Gasteiger partial charge >= 0.3 is 0 Å². The van der Waals surface area contributed by atoms with Gasteiger partial charge in [-0.3, -0.25) is 4.79 Å². The van der Waals surface area contributed by atoms with Crippen LogP contribution in [0.25, 0.3) is 0 Å². The zero-order valence-corrected chi connectivity index (χ0v) is 15.0. The molecule has 6 nitrogen and oxygen atoms in total. The number of hydrogen-bond acceptors (Lipinski definition) is 4. The first-order chi connectivity index (χ1) is 12.2. The Bertz CT molecular complexity index is 726. The molecule has 3 rings (SSSR count). The van der Waals surface area contributed by atoms with E-state index < -0.39 is 0 Å². The second kappa shape index (κ2) is 8.14. The van der Waals surface area contributed by atoms with E-state index >= 15 is 0 Å². The van der Waals surface area contributed by atoms with E-state index in [-0.39, 0.29) is 5.91 Å². The van der Waals surface area contributed by atoms with Gasteiger partial charge in [-0.25, -0.2) is 0 Å². The molecular weight excluding hydrogens is 316 g/mol. The van der Waals surface area contributed by atoms with Gasteiger partial charge in [0.25, 0.3) is 0 Å². The standard InChI is InChI=1S/C19H26N4O2/c1-3-23-13-21-22-18(23)9-10-20-19(24)12-15-6-4-5-14-11-16(25-2)7-8-17(14)15/h7-8,11,13,15H,3-6,9-10,12H2,1-2H3,(H,20,24)/t15-/m1/s1. The third-order valence-electron chi connectivity index (χ3n) is 4.93.